The third-order valence-electron chi connectivity index (χ3n) is 1.43. The van der Waals surface area contributed by atoms with Crippen LogP contribution in [0.5, 0.6) is 0 Å². The minimum atomic E-state index is -0.265. The number of rotatable bonds is 4. The molecule has 66 valence electrons. The van der Waals surface area contributed by atoms with Gasteiger partial charge in [0.05, 0.1) is 5.38 Å². The highest BCUT2D eigenvalue weighted by Crippen LogP contribution is 2.12. The van der Waals surface area contributed by atoms with Crippen LogP contribution in [0.2, 0.25) is 0 Å². The van der Waals surface area contributed by atoms with E-state index in [4.69, 9.17) is 16.3 Å². The van der Waals surface area contributed by atoms with Crippen LogP contribution in [0.15, 0.2) is 0 Å². The average Bonchev–Trinajstić information content (AvgIpc) is 1.86. The summed E-state index contributed by atoms with van der Waals surface area (Å²) in [5, 5.41) is -0.0519. The number of hydrogen-bond donors (Lipinski definition) is 0. The zero-order valence-corrected chi connectivity index (χ0v) is 8.02. The molecule has 0 spiro atoms. The molecule has 0 saturated heterocycles. The molecule has 0 amide bonds. The molecule has 0 aliphatic carbocycles. The summed E-state index contributed by atoms with van der Waals surface area (Å²) < 4.78 is 4.89. The third kappa shape index (κ3) is 5.08. The zero-order chi connectivity index (χ0) is 8.85. The molecule has 0 heterocycles. The molecule has 3 heteroatoms. The third-order valence-corrected chi connectivity index (χ3v) is 2.00. The second kappa shape index (κ2) is 5.42. The van der Waals surface area contributed by atoms with Crippen molar-refractivity contribution >= 4 is 17.6 Å². The van der Waals surface area contributed by atoms with E-state index in [-0.39, 0.29) is 17.5 Å². The predicted molar refractivity (Wildman–Crippen MR) is 45.8 cm³/mol. The van der Waals surface area contributed by atoms with Gasteiger partial charge in [-0.15, -0.1) is 11.6 Å². The van der Waals surface area contributed by atoms with Gasteiger partial charge in [-0.05, 0) is 13.3 Å². The number of halogens is 1. The maximum absolute atomic E-state index is 10.5. The number of carbonyl (C=O) groups excluding carboxylic acids is 1. The average molecular weight is 179 g/mol. The van der Waals surface area contributed by atoms with Crippen molar-refractivity contribution < 1.29 is 9.53 Å². The Hall–Kier alpha value is -0.240. The maximum Gasteiger partial charge on any atom is 0.302 e. The minimum absolute atomic E-state index is 0.0519. The first-order chi connectivity index (χ1) is 5.07. The highest BCUT2D eigenvalue weighted by Gasteiger charge is 2.15. The van der Waals surface area contributed by atoms with Crippen molar-refractivity contribution in [2.24, 2.45) is 0 Å². The summed E-state index contributed by atoms with van der Waals surface area (Å²) in [4.78, 5) is 10.5. The number of alkyl halides is 1. The molecule has 2 atom stereocenters. The summed E-state index contributed by atoms with van der Waals surface area (Å²) in [7, 11) is 0. The van der Waals surface area contributed by atoms with Gasteiger partial charge in [-0.1, -0.05) is 13.3 Å². The Morgan fingerprint density at radius 2 is 2.18 bits per heavy atom. The maximum atomic E-state index is 10.5. The Labute approximate surface area is 72.9 Å². The molecule has 0 aliphatic rings. The summed E-state index contributed by atoms with van der Waals surface area (Å²) in [6.07, 6.45) is 1.73. The van der Waals surface area contributed by atoms with Gasteiger partial charge in [-0.3, -0.25) is 4.79 Å². The molecule has 0 N–H and O–H groups in total. The monoisotopic (exact) mass is 178 g/mol. The molecule has 0 fully saturated rings. The first-order valence-electron chi connectivity index (χ1n) is 3.89. The molecule has 0 aromatic rings. The van der Waals surface area contributed by atoms with Crippen molar-refractivity contribution in [3.63, 3.8) is 0 Å². The molecule has 0 saturated carbocycles. The first kappa shape index (κ1) is 10.8. The van der Waals surface area contributed by atoms with Gasteiger partial charge in [0.1, 0.15) is 6.10 Å². The molecular formula is C8H15ClO2. The van der Waals surface area contributed by atoms with E-state index < -0.39 is 0 Å². The Morgan fingerprint density at radius 1 is 1.64 bits per heavy atom. The van der Waals surface area contributed by atoms with E-state index in [1.807, 2.05) is 6.92 Å². The lowest BCUT2D eigenvalue weighted by molar-refractivity contribution is -0.145. The van der Waals surface area contributed by atoms with Crippen molar-refractivity contribution in [1.29, 1.82) is 0 Å². The fourth-order valence-electron chi connectivity index (χ4n) is 0.846. The van der Waals surface area contributed by atoms with E-state index in [1.54, 1.807) is 0 Å². The van der Waals surface area contributed by atoms with E-state index in [9.17, 15) is 4.79 Å². The Morgan fingerprint density at radius 3 is 2.55 bits per heavy atom. The number of ether oxygens (including phenoxy) is 1. The summed E-state index contributed by atoms with van der Waals surface area (Å²) in [6.45, 7) is 5.26. The molecule has 0 radical (unpaired) electrons. The highest BCUT2D eigenvalue weighted by atomic mass is 35.5. The van der Waals surface area contributed by atoms with E-state index in [0.717, 1.165) is 12.8 Å². The fourth-order valence-corrected chi connectivity index (χ4v) is 1.12. The molecule has 1 unspecified atom stereocenters. The second-order valence-electron chi connectivity index (χ2n) is 2.62. The van der Waals surface area contributed by atoms with E-state index in [2.05, 4.69) is 6.92 Å². The molecule has 0 bridgehead atoms. The van der Waals surface area contributed by atoms with Gasteiger partial charge < -0.3 is 4.74 Å². The Bertz CT molecular complexity index is 125. The van der Waals surface area contributed by atoms with Gasteiger partial charge in [0.2, 0.25) is 0 Å². The predicted octanol–water partition coefficient (Wildman–Crippen LogP) is 2.35. The molecule has 0 aromatic heterocycles. The topological polar surface area (TPSA) is 26.3 Å². The van der Waals surface area contributed by atoms with Gasteiger partial charge >= 0.3 is 5.97 Å². The van der Waals surface area contributed by atoms with Crippen molar-refractivity contribution in [3.8, 4) is 0 Å². The zero-order valence-electron chi connectivity index (χ0n) is 7.26. The van der Waals surface area contributed by atoms with E-state index >= 15 is 0 Å². The second-order valence-corrected chi connectivity index (χ2v) is 3.18. The van der Waals surface area contributed by atoms with Crippen molar-refractivity contribution in [2.45, 2.75) is 45.1 Å². The Balaban J connectivity index is 3.63. The van der Waals surface area contributed by atoms with Crippen LogP contribution in [0.4, 0.5) is 0 Å². The largest absolute Gasteiger partial charge is 0.461 e. The number of hydrogen-bond acceptors (Lipinski definition) is 2. The van der Waals surface area contributed by atoms with Gasteiger partial charge in [-0.2, -0.15) is 0 Å². The van der Waals surface area contributed by atoms with E-state index in [1.165, 1.54) is 6.92 Å². The lowest BCUT2D eigenvalue weighted by Crippen LogP contribution is -2.23. The molecule has 0 aromatic carbocycles. The van der Waals surface area contributed by atoms with Crippen LogP contribution in [0.1, 0.15) is 33.6 Å². The number of carbonyl (C=O) groups is 1. The van der Waals surface area contributed by atoms with Crippen LogP contribution >= 0.6 is 11.6 Å². The summed E-state index contributed by atoms with van der Waals surface area (Å²) in [5.41, 5.74) is 0. The lowest BCUT2D eigenvalue weighted by atomic mass is 10.2. The minimum Gasteiger partial charge on any atom is -0.461 e. The molecule has 2 nitrogen and oxygen atoms in total. The summed E-state index contributed by atoms with van der Waals surface area (Å²) >= 11 is 5.90. The van der Waals surface area contributed by atoms with Crippen LogP contribution < -0.4 is 0 Å². The highest BCUT2D eigenvalue weighted by molar-refractivity contribution is 6.21. The summed E-state index contributed by atoms with van der Waals surface area (Å²) in [5.74, 6) is -0.265. The van der Waals surface area contributed by atoms with E-state index in [0.29, 0.717) is 0 Å². The number of esters is 1. The van der Waals surface area contributed by atoms with Gasteiger partial charge in [0, 0.05) is 6.92 Å². The molecule has 0 rings (SSSR count). The normalized spacial score (nSPS) is 15.6. The Kier molecular flexibility index (Phi) is 5.30. The molecular weight excluding hydrogens is 164 g/mol. The van der Waals surface area contributed by atoms with Crippen molar-refractivity contribution in [1.82, 2.24) is 0 Å². The standard InChI is InChI=1S/C8H15ClO2/c1-4-5-8(9)6(2)11-7(3)10/h6,8H,4-5H2,1-3H3/t6?,8-/m0/s1. The summed E-state index contributed by atoms with van der Waals surface area (Å²) in [6, 6.07) is 0. The van der Waals surface area contributed by atoms with Crippen LogP contribution in [-0.2, 0) is 9.53 Å². The van der Waals surface area contributed by atoms with Crippen molar-refractivity contribution in [2.75, 3.05) is 0 Å². The van der Waals surface area contributed by atoms with Gasteiger partial charge in [0.25, 0.3) is 0 Å². The molecule has 11 heavy (non-hydrogen) atoms. The van der Waals surface area contributed by atoms with Crippen LogP contribution in [0.3, 0.4) is 0 Å². The lowest BCUT2D eigenvalue weighted by Gasteiger charge is -2.16. The van der Waals surface area contributed by atoms with Crippen LogP contribution in [0.25, 0.3) is 0 Å². The molecule has 0 aliphatic heterocycles. The van der Waals surface area contributed by atoms with Crippen LogP contribution in [-0.4, -0.2) is 17.5 Å². The van der Waals surface area contributed by atoms with Gasteiger partial charge in [0.15, 0.2) is 0 Å². The first-order valence-corrected chi connectivity index (χ1v) is 4.32. The van der Waals surface area contributed by atoms with Crippen LogP contribution in [0, 0.1) is 0 Å². The SMILES string of the molecule is CCC[C@H](Cl)C(C)OC(C)=O. The van der Waals surface area contributed by atoms with Crippen molar-refractivity contribution in [3.05, 3.63) is 0 Å². The van der Waals surface area contributed by atoms with Gasteiger partial charge in [-0.25, -0.2) is 0 Å². The fraction of sp³-hybridized carbons (Fsp3) is 0.875. The quantitative estimate of drug-likeness (QED) is 0.488. The smallest absolute Gasteiger partial charge is 0.302 e.